The van der Waals surface area contributed by atoms with Gasteiger partial charge >= 0.3 is 0 Å². The summed E-state index contributed by atoms with van der Waals surface area (Å²) in [6.45, 7) is 11.4. The van der Waals surface area contributed by atoms with E-state index in [9.17, 15) is 5.11 Å². The highest BCUT2D eigenvalue weighted by Crippen LogP contribution is 2.34. The molecule has 0 saturated carbocycles. The van der Waals surface area contributed by atoms with Crippen LogP contribution in [-0.4, -0.2) is 46.6 Å². The van der Waals surface area contributed by atoms with Crippen LogP contribution in [0.1, 0.15) is 31.0 Å². The minimum atomic E-state index is 0.124. The summed E-state index contributed by atoms with van der Waals surface area (Å²) in [5.41, 5.74) is 2.37. The summed E-state index contributed by atoms with van der Waals surface area (Å²) in [7, 11) is 0. The van der Waals surface area contributed by atoms with Crippen LogP contribution in [0.4, 0.5) is 0 Å². The molecule has 0 aliphatic carbocycles. The zero-order valence-electron chi connectivity index (χ0n) is 15.5. The van der Waals surface area contributed by atoms with E-state index in [1.165, 1.54) is 5.56 Å². The van der Waals surface area contributed by atoms with Gasteiger partial charge in [-0.2, -0.15) is 0 Å². The van der Waals surface area contributed by atoms with E-state index < -0.39 is 0 Å². The normalized spacial score (nSPS) is 22.9. The molecule has 1 saturated heterocycles. The summed E-state index contributed by atoms with van der Waals surface area (Å²) in [6, 6.07) is 17.2. The smallest absolute Gasteiger partial charge is 0.115 e. The van der Waals surface area contributed by atoms with Crippen LogP contribution < -0.4 is 0 Å². The highest BCUT2D eigenvalue weighted by molar-refractivity contribution is 9.10. The van der Waals surface area contributed by atoms with Crippen molar-refractivity contribution in [2.75, 3.05) is 19.6 Å². The lowest BCUT2D eigenvalue weighted by molar-refractivity contribution is 0.0306. The highest BCUT2D eigenvalue weighted by atomic mass is 79.9. The van der Waals surface area contributed by atoms with Crippen molar-refractivity contribution in [1.29, 1.82) is 0 Å². The standard InChI is InChI=1S/C22H27BrN2O/c1-4-12-24-14-17(3)25(15-16(24)2)22(18-8-10-20(23)11-9-18)19-6-5-7-21(26)13-19/h4-11,13,16-17,22,26H,1,12,14-15H2,2-3H3/t16-,17+,22-/m1/s1. The molecule has 0 unspecified atom stereocenters. The minimum absolute atomic E-state index is 0.124. The van der Waals surface area contributed by atoms with Crippen molar-refractivity contribution >= 4 is 15.9 Å². The van der Waals surface area contributed by atoms with E-state index in [1.807, 2.05) is 18.2 Å². The molecule has 1 heterocycles. The number of rotatable bonds is 5. The van der Waals surface area contributed by atoms with Crippen molar-refractivity contribution in [3.8, 4) is 5.75 Å². The first-order valence-electron chi connectivity index (χ1n) is 9.14. The molecule has 0 radical (unpaired) electrons. The van der Waals surface area contributed by atoms with Crippen LogP contribution in [-0.2, 0) is 0 Å². The Morgan fingerprint density at radius 1 is 1.12 bits per heavy atom. The SMILES string of the molecule is C=CCN1C[C@H](C)N([C@H](c2ccc(Br)cc2)c2cccc(O)c2)C[C@H]1C. The molecule has 1 N–H and O–H groups in total. The van der Waals surface area contributed by atoms with Crippen LogP contribution in [0, 0.1) is 0 Å². The van der Waals surface area contributed by atoms with Gasteiger partial charge in [0.1, 0.15) is 5.75 Å². The predicted octanol–water partition coefficient (Wildman–Crippen LogP) is 4.82. The molecule has 2 aromatic carbocycles. The van der Waals surface area contributed by atoms with Gasteiger partial charge in [0.25, 0.3) is 0 Å². The predicted molar refractivity (Wildman–Crippen MR) is 111 cm³/mol. The van der Waals surface area contributed by atoms with E-state index in [4.69, 9.17) is 0 Å². The van der Waals surface area contributed by atoms with Crippen LogP contribution in [0.3, 0.4) is 0 Å². The van der Waals surface area contributed by atoms with Gasteiger partial charge in [0, 0.05) is 36.2 Å². The Hall–Kier alpha value is -1.62. The fourth-order valence-electron chi connectivity index (χ4n) is 3.92. The summed E-state index contributed by atoms with van der Waals surface area (Å²) in [5.74, 6) is 0.315. The second-order valence-electron chi connectivity index (χ2n) is 7.19. The molecule has 0 amide bonds. The molecule has 3 rings (SSSR count). The number of phenols is 1. The topological polar surface area (TPSA) is 26.7 Å². The Kier molecular flexibility index (Phi) is 6.17. The molecule has 1 aliphatic rings. The second-order valence-corrected chi connectivity index (χ2v) is 8.10. The maximum atomic E-state index is 10.0. The van der Waals surface area contributed by atoms with Gasteiger partial charge in [0.15, 0.2) is 0 Å². The van der Waals surface area contributed by atoms with Crippen LogP contribution in [0.15, 0.2) is 65.7 Å². The van der Waals surface area contributed by atoms with E-state index in [0.29, 0.717) is 17.8 Å². The van der Waals surface area contributed by atoms with Crippen LogP contribution in [0.5, 0.6) is 5.75 Å². The van der Waals surface area contributed by atoms with Crippen LogP contribution in [0.2, 0.25) is 0 Å². The molecular formula is C22H27BrN2O. The number of aromatic hydroxyl groups is 1. The first-order chi connectivity index (χ1) is 12.5. The van der Waals surface area contributed by atoms with E-state index >= 15 is 0 Å². The van der Waals surface area contributed by atoms with Gasteiger partial charge in [-0.25, -0.2) is 0 Å². The summed E-state index contributed by atoms with van der Waals surface area (Å²) >= 11 is 3.54. The molecule has 26 heavy (non-hydrogen) atoms. The van der Waals surface area contributed by atoms with Crippen molar-refractivity contribution in [2.24, 2.45) is 0 Å². The number of nitrogens with zero attached hydrogens (tertiary/aromatic N) is 2. The van der Waals surface area contributed by atoms with Crippen molar-refractivity contribution in [3.05, 3.63) is 76.8 Å². The van der Waals surface area contributed by atoms with E-state index in [-0.39, 0.29) is 6.04 Å². The third kappa shape index (κ3) is 4.20. The van der Waals surface area contributed by atoms with Gasteiger partial charge in [-0.05, 0) is 49.2 Å². The average molecular weight is 415 g/mol. The zero-order valence-corrected chi connectivity index (χ0v) is 17.1. The molecule has 1 aliphatic heterocycles. The first-order valence-corrected chi connectivity index (χ1v) is 9.94. The van der Waals surface area contributed by atoms with Gasteiger partial charge in [0.05, 0.1) is 6.04 Å². The number of hydrogen-bond acceptors (Lipinski definition) is 3. The largest absolute Gasteiger partial charge is 0.508 e. The monoisotopic (exact) mass is 414 g/mol. The number of phenolic OH excluding ortho intramolecular Hbond substituents is 1. The number of hydrogen-bond donors (Lipinski definition) is 1. The third-order valence-corrected chi connectivity index (χ3v) is 5.76. The zero-order chi connectivity index (χ0) is 18.7. The third-order valence-electron chi connectivity index (χ3n) is 5.23. The Labute approximate surface area is 165 Å². The van der Waals surface area contributed by atoms with Crippen molar-refractivity contribution in [2.45, 2.75) is 32.0 Å². The summed E-state index contributed by atoms with van der Waals surface area (Å²) in [5, 5.41) is 10.0. The van der Waals surface area contributed by atoms with Gasteiger partial charge in [0.2, 0.25) is 0 Å². The molecule has 0 spiro atoms. The van der Waals surface area contributed by atoms with E-state index in [0.717, 1.165) is 29.7 Å². The quantitative estimate of drug-likeness (QED) is 0.709. The van der Waals surface area contributed by atoms with Crippen molar-refractivity contribution < 1.29 is 5.11 Å². The molecular weight excluding hydrogens is 388 g/mol. The maximum Gasteiger partial charge on any atom is 0.115 e. The Balaban J connectivity index is 1.98. The number of benzene rings is 2. The highest BCUT2D eigenvalue weighted by Gasteiger charge is 2.34. The summed E-state index contributed by atoms with van der Waals surface area (Å²) in [6.07, 6.45) is 1.99. The average Bonchev–Trinajstić information content (AvgIpc) is 2.61. The second kappa shape index (κ2) is 8.38. The van der Waals surface area contributed by atoms with Crippen molar-refractivity contribution in [1.82, 2.24) is 9.80 Å². The maximum absolute atomic E-state index is 10.0. The summed E-state index contributed by atoms with van der Waals surface area (Å²) < 4.78 is 1.08. The number of piperazine rings is 1. The minimum Gasteiger partial charge on any atom is -0.508 e. The van der Waals surface area contributed by atoms with Gasteiger partial charge < -0.3 is 5.11 Å². The molecule has 0 aromatic heterocycles. The lowest BCUT2D eigenvalue weighted by Crippen LogP contribution is -2.57. The Morgan fingerprint density at radius 3 is 2.50 bits per heavy atom. The van der Waals surface area contributed by atoms with Crippen molar-refractivity contribution in [3.63, 3.8) is 0 Å². The summed E-state index contributed by atoms with van der Waals surface area (Å²) in [4.78, 5) is 5.04. The van der Waals surface area contributed by atoms with E-state index in [2.05, 4.69) is 76.5 Å². The van der Waals surface area contributed by atoms with Gasteiger partial charge in [-0.1, -0.05) is 46.3 Å². The molecule has 0 bridgehead atoms. The fraction of sp³-hybridized carbons (Fsp3) is 0.364. The Bertz CT molecular complexity index is 746. The lowest BCUT2D eigenvalue weighted by Gasteiger charge is -2.47. The molecule has 138 valence electrons. The molecule has 3 nitrogen and oxygen atoms in total. The lowest BCUT2D eigenvalue weighted by atomic mass is 9.93. The fourth-order valence-corrected chi connectivity index (χ4v) is 4.18. The number of halogens is 1. The molecule has 1 fully saturated rings. The molecule has 2 aromatic rings. The molecule has 4 heteroatoms. The molecule has 3 atom stereocenters. The first kappa shape index (κ1) is 19.2. The van der Waals surface area contributed by atoms with Crippen LogP contribution in [0.25, 0.3) is 0 Å². The van der Waals surface area contributed by atoms with Gasteiger partial charge in [-0.15, -0.1) is 6.58 Å². The Morgan fingerprint density at radius 2 is 1.85 bits per heavy atom. The van der Waals surface area contributed by atoms with Gasteiger partial charge in [-0.3, -0.25) is 9.80 Å². The van der Waals surface area contributed by atoms with E-state index in [1.54, 1.807) is 6.07 Å². The van der Waals surface area contributed by atoms with Crippen LogP contribution >= 0.6 is 15.9 Å².